The molecule has 0 radical (unpaired) electrons. The van der Waals surface area contributed by atoms with E-state index in [1.807, 2.05) is 0 Å². The van der Waals surface area contributed by atoms with Crippen molar-refractivity contribution in [3.05, 3.63) is 26.8 Å². The van der Waals surface area contributed by atoms with Gasteiger partial charge in [-0.05, 0) is 22.6 Å². The number of halogens is 4. The van der Waals surface area contributed by atoms with Crippen molar-refractivity contribution in [2.75, 3.05) is 0 Å². The number of rotatable bonds is 2. The summed E-state index contributed by atoms with van der Waals surface area (Å²) in [5.41, 5.74) is -0.818. The number of aromatic nitrogens is 1. The van der Waals surface area contributed by atoms with E-state index in [1.165, 1.54) is 22.6 Å². The molecule has 0 atom stereocenters. The van der Waals surface area contributed by atoms with E-state index in [2.05, 4.69) is 4.98 Å². The van der Waals surface area contributed by atoms with Gasteiger partial charge < -0.3 is 0 Å². The fourth-order valence-corrected chi connectivity index (χ4v) is 1.53. The van der Waals surface area contributed by atoms with E-state index in [4.69, 9.17) is 5.26 Å². The van der Waals surface area contributed by atoms with E-state index >= 15 is 0 Å². The predicted molar refractivity (Wildman–Crippen MR) is 51.2 cm³/mol. The first-order valence-corrected chi connectivity index (χ1v) is 4.63. The summed E-state index contributed by atoms with van der Waals surface area (Å²) < 4.78 is 37.9. The number of hydrogen-bond acceptors (Lipinski definition) is 2. The Morgan fingerprint density at radius 3 is 2.71 bits per heavy atom. The molecule has 0 aromatic carbocycles. The highest BCUT2D eigenvalue weighted by molar-refractivity contribution is 14.1. The molecule has 2 nitrogen and oxygen atoms in total. The van der Waals surface area contributed by atoms with Crippen LogP contribution in [-0.2, 0) is 6.42 Å². The van der Waals surface area contributed by atoms with Crippen LogP contribution in [-0.4, -0.2) is 4.98 Å². The lowest BCUT2D eigenvalue weighted by atomic mass is 10.1. The largest absolute Gasteiger partial charge is 0.269 e. The molecule has 0 saturated heterocycles. The molecule has 6 heteroatoms. The third-order valence-electron chi connectivity index (χ3n) is 1.56. The topological polar surface area (TPSA) is 36.7 Å². The molecule has 0 aliphatic heterocycles. The van der Waals surface area contributed by atoms with Gasteiger partial charge in [-0.3, -0.25) is 0 Å². The number of alkyl halides is 2. The second-order valence-electron chi connectivity index (χ2n) is 2.44. The SMILES string of the molecule is N#CCc1cnc(I)c(C(F)F)c1F. The fraction of sp³-hybridized carbons (Fsp3) is 0.250. The van der Waals surface area contributed by atoms with Crippen molar-refractivity contribution in [2.24, 2.45) is 0 Å². The minimum absolute atomic E-state index is 0.0724. The Morgan fingerprint density at radius 2 is 2.21 bits per heavy atom. The highest BCUT2D eigenvalue weighted by Crippen LogP contribution is 2.27. The number of hydrogen-bond donors (Lipinski definition) is 0. The molecule has 0 aliphatic carbocycles. The van der Waals surface area contributed by atoms with Gasteiger partial charge >= 0.3 is 0 Å². The molecule has 0 unspecified atom stereocenters. The summed E-state index contributed by atoms with van der Waals surface area (Å²) in [4.78, 5) is 3.60. The fourth-order valence-electron chi connectivity index (χ4n) is 0.919. The molecule has 1 aromatic heterocycles. The van der Waals surface area contributed by atoms with Crippen LogP contribution in [0.5, 0.6) is 0 Å². The first kappa shape index (κ1) is 11.2. The van der Waals surface area contributed by atoms with E-state index in [9.17, 15) is 13.2 Å². The van der Waals surface area contributed by atoms with Crippen LogP contribution in [0.2, 0.25) is 0 Å². The van der Waals surface area contributed by atoms with Gasteiger partial charge in [0, 0.05) is 11.8 Å². The van der Waals surface area contributed by atoms with E-state index in [1.54, 1.807) is 6.07 Å². The lowest BCUT2D eigenvalue weighted by molar-refractivity contribution is 0.144. The Bertz CT molecular complexity index is 387. The Balaban J connectivity index is 3.28. The molecule has 0 fully saturated rings. The van der Waals surface area contributed by atoms with Gasteiger partial charge in [0.05, 0.1) is 18.1 Å². The Hall–Kier alpha value is -0.840. The molecular formula is C8H4F3IN2. The molecule has 1 heterocycles. The normalized spacial score (nSPS) is 10.3. The van der Waals surface area contributed by atoms with E-state index in [0.29, 0.717) is 0 Å². The van der Waals surface area contributed by atoms with E-state index in [-0.39, 0.29) is 15.7 Å². The summed E-state index contributed by atoms with van der Waals surface area (Å²) in [6.45, 7) is 0. The van der Waals surface area contributed by atoms with Crippen LogP contribution in [0, 0.1) is 20.8 Å². The third kappa shape index (κ3) is 2.15. The zero-order valence-electron chi connectivity index (χ0n) is 6.77. The van der Waals surface area contributed by atoms with Crippen LogP contribution in [0.3, 0.4) is 0 Å². The smallest absolute Gasteiger partial charge is 0.249 e. The number of pyridine rings is 1. The quantitative estimate of drug-likeness (QED) is 0.622. The Kier molecular flexibility index (Phi) is 3.69. The highest BCUT2D eigenvalue weighted by atomic mass is 127. The molecule has 14 heavy (non-hydrogen) atoms. The van der Waals surface area contributed by atoms with Gasteiger partial charge in [0.1, 0.15) is 9.52 Å². The second kappa shape index (κ2) is 4.59. The van der Waals surface area contributed by atoms with E-state index in [0.717, 1.165) is 6.20 Å². The van der Waals surface area contributed by atoms with Crippen molar-refractivity contribution < 1.29 is 13.2 Å². The molecule has 0 amide bonds. The molecule has 0 spiro atoms. The van der Waals surface area contributed by atoms with Gasteiger partial charge in [-0.2, -0.15) is 5.26 Å². The Labute approximate surface area is 91.9 Å². The van der Waals surface area contributed by atoms with Crippen LogP contribution in [0.1, 0.15) is 17.6 Å². The maximum absolute atomic E-state index is 13.3. The van der Waals surface area contributed by atoms with Crippen molar-refractivity contribution in [3.8, 4) is 6.07 Å². The molecule has 0 saturated carbocycles. The van der Waals surface area contributed by atoms with Crippen LogP contribution in [0.25, 0.3) is 0 Å². The standard InChI is InChI=1S/C8H4F3IN2/c9-6-4(1-2-13)3-14-8(12)5(6)7(10)11/h3,7H,1H2. The van der Waals surface area contributed by atoms with Gasteiger partial charge in [-0.25, -0.2) is 18.2 Å². The maximum Gasteiger partial charge on any atom is 0.269 e. The third-order valence-corrected chi connectivity index (χ3v) is 2.42. The zero-order chi connectivity index (χ0) is 10.7. The summed E-state index contributed by atoms with van der Waals surface area (Å²) in [7, 11) is 0. The van der Waals surface area contributed by atoms with Gasteiger partial charge in [0.15, 0.2) is 0 Å². The summed E-state index contributed by atoms with van der Waals surface area (Å²) in [6, 6.07) is 1.68. The zero-order valence-corrected chi connectivity index (χ0v) is 8.93. The van der Waals surface area contributed by atoms with E-state index < -0.39 is 17.8 Å². The van der Waals surface area contributed by atoms with Gasteiger partial charge in [-0.15, -0.1) is 0 Å². The number of nitriles is 1. The molecule has 1 aromatic rings. The lowest BCUT2D eigenvalue weighted by Gasteiger charge is -2.06. The van der Waals surface area contributed by atoms with Crippen LogP contribution >= 0.6 is 22.6 Å². The number of nitrogens with zero attached hydrogens (tertiary/aromatic N) is 2. The van der Waals surface area contributed by atoms with Crippen molar-refractivity contribution >= 4 is 22.6 Å². The van der Waals surface area contributed by atoms with Crippen molar-refractivity contribution in [3.63, 3.8) is 0 Å². The summed E-state index contributed by atoms with van der Waals surface area (Å²) in [5, 5.41) is 8.31. The van der Waals surface area contributed by atoms with Crippen LogP contribution in [0.15, 0.2) is 6.20 Å². The van der Waals surface area contributed by atoms with Crippen LogP contribution in [0.4, 0.5) is 13.2 Å². The van der Waals surface area contributed by atoms with Crippen LogP contribution < -0.4 is 0 Å². The van der Waals surface area contributed by atoms with Gasteiger partial charge in [0.25, 0.3) is 6.43 Å². The maximum atomic E-state index is 13.3. The summed E-state index contributed by atoms with van der Waals surface area (Å²) >= 11 is 1.53. The monoisotopic (exact) mass is 312 g/mol. The average molecular weight is 312 g/mol. The highest BCUT2D eigenvalue weighted by Gasteiger charge is 2.20. The molecular weight excluding hydrogens is 308 g/mol. The first-order valence-electron chi connectivity index (χ1n) is 3.55. The van der Waals surface area contributed by atoms with Crippen molar-refractivity contribution in [1.29, 1.82) is 5.26 Å². The molecule has 0 aliphatic rings. The average Bonchev–Trinajstić information content (AvgIpc) is 2.10. The Morgan fingerprint density at radius 1 is 1.57 bits per heavy atom. The molecule has 1 rings (SSSR count). The minimum atomic E-state index is -2.91. The summed E-state index contributed by atoms with van der Waals surface area (Å²) in [6.07, 6.45) is -2.06. The molecule has 0 bridgehead atoms. The van der Waals surface area contributed by atoms with Gasteiger partial charge in [-0.1, -0.05) is 0 Å². The minimum Gasteiger partial charge on any atom is -0.249 e. The summed E-state index contributed by atoms with van der Waals surface area (Å²) in [5.74, 6) is -1.03. The first-order chi connectivity index (χ1) is 6.57. The van der Waals surface area contributed by atoms with Crippen molar-refractivity contribution in [2.45, 2.75) is 12.8 Å². The predicted octanol–water partition coefficient (Wildman–Crippen LogP) is 2.83. The molecule has 74 valence electrons. The molecule has 0 N–H and O–H groups in total. The lowest BCUT2D eigenvalue weighted by Crippen LogP contribution is -2.02. The van der Waals surface area contributed by atoms with Gasteiger partial charge in [0.2, 0.25) is 0 Å². The van der Waals surface area contributed by atoms with Crippen molar-refractivity contribution in [1.82, 2.24) is 4.98 Å². The second-order valence-corrected chi connectivity index (χ2v) is 3.46.